The monoisotopic (exact) mass is 422 g/mol. The molecule has 0 aromatic heterocycles. The number of benzene rings is 2. The van der Waals surface area contributed by atoms with E-state index < -0.39 is 10.0 Å². The highest BCUT2D eigenvalue weighted by molar-refractivity contribution is 7.89. The Bertz CT molecular complexity index is 958. The first-order chi connectivity index (χ1) is 13.5. The van der Waals surface area contributed by atoms with Crippen molar-refractivity contribution in [2.45, 2.75) is 30.4 Å². The lowest BCUT2D eigenvalue weighted by Crippen LogP contribution is -2.48. The number of fused-ring (bicyclic) bond motifs is 1. The van der Waals surface area contributed by atoms with Crippen molar-refractivity contribution in [2.75, 3.05) is 31.8 Å². The number of hydrogen-bond donors (Lipinski definition) is 0. The van der Waals surface area contributed by atoms with Crippen molar-refractivity contribution in [2.24, 2.45) is 0 Å². The Morgan fingerprint density at radius 1 is 1.14 bits per heavy atom. The third-order valence-corrected chi connectivity index (χ3v) is 7.51. The van der Waals surface area contributed by atoms with Crippen LogP contribution in [0.2, 0.25) is 5.02 Å². The maximum absolute atomic E-state index is 13.0. The fourth-order valence-electron chi connectivity index (χ4n) is 3.88. The van der Waals surface area contributed by atoms with Gasteiger partial charge in [0.1, 0.15) is 12.5 Å². The Morgan fingerprint density at radius 2 is 1.93 bits per heavy atom. The van der Waals surface area contributed by atoms with Crippen LogP contribution in [-0.2, 0) is 21.4 Å². The van der Waals surface area contributed by atoms with E-state index in [9.17, 15) is 8.42 Å². The maximum Gasteiger partial charge on any atom is 0.243 e. The van der Waals surface area contributed by atoms with Crippen LogP contribution in [0, 0.1) is 0 Å². The summed E-state index contributed by atoms with van der Waals surface area (Å²) < 4.78 is 38.4. The second-order valence-corrected chi connectivity index (χ2v) is 9.41. The molecule has 8 heteroatoms. The lowest BCUT2D eigenvalue weighted by atomic mass is 10.0. The number of methoxy groups -OCH3 is 1. The number of hydrogen-bond acceptors (Lipinski definition) is 5. The first-order valence-corrected chi connectivity index (χ1v) is 11.1. The molecule has 2 heterocycles. The molecule has 0 atom stereocenters. The Morgan fingerprint density at radius 3 is 2.68 bits per heavy atom. The molecule has 1 fully saturated rings. The third kappa shape index (κ3) is 3.72. The summed E-state index contributed by atoms with van der Waals surface area (Å²) in [6, 6.07) is 12.7. The number of halogens is 1. The molecule has 150 valence electrons. The molecular formula is C20H23ClN2O4S. The van der Waals surface area contributed by atoms with Gasteiger partial charge in [-0.3, -0.25) is 0 Å². The van der Waals surface area contributed by atoms with Crippen LogP contribution in [0.4, 0.5) is 5.69 Å². The van der Waals surface area contributed by atoms with Gasteiger partial charge in [0.2, 0.25) is 10.0 Å². The van der Waals surface area contributed by atoms with Crippen molar-refractivity contribution in [1.82, 2.24) is 4.31 Å². The molecule has 0 radical (unpaired) electrons. The van der Waals surface area contributed by atoms with Gasteiger partial charge in [-0.15, -0.1) is 0 Å². The minimum atomic E-state index is -3.53. The lowest BCUT2D eigenvalue weighted by Gasteiger charge is -2.41. The Hall–Kier alpha value is -1.80. The van der Waals surface area contributed by atoms with E-state index in [2.05, 4.69) is 4.90 Å². The number of piperidine rings is 1. The van der Waals surface area contributed by atoms with Gasteiger partial charge in [-0.2, -0.15) is 4.31 Å². The van der Waals surface area contributed by atoms with Gasteiger partial charge in [-0.25, -0.2) is 8.42 Å². The molecule has 2 aromatic rings. The van der Waals surface area contributed by atoms with Gasteiger partial charge in [-0.05, 0) is 43.2 Å². The highest BCUT2D eigenvalue weighted by Gasteiger charge is 2.33. The maximum atomic E-state index is 13.0. The van der Waals surface area contributed by atoms with Crippen molar-refractivity contribution in [3.05, 3.63) is 53.1 Å². The lowest BCUT2D eigenvalue weighted by molar-refractivity contribution is 0.0988. The number of anilines is 1. The van der Waals surface area contributed by atoms with E-state index in [0.29, 0.717) is 37.2 Å². The average molecular weight is 423 g/mol. The van der Waals surface area contributed by atoms with Crippen LogP contribution in [0.3, 0.4) is 0 Å². The molecule has 4 rings (SSSR count). The molecule has 28 heavy (non-hydrogen) atoms. The Labute approximate surface area is 170 Å². The standard InChI is InChI=1S/C20H23ClN2O4S/c1-26-18-3-2-4-19(12-18)28(24,25)22-9-7-17(8-10-22)23-14-27-13-15-11-16(21)5-6-20(15)23/h2-6,11-12,17H,7-10,13-14H2,1H3. The van der Waals surface area contributed by atoms with Gasteiger partial charge in [0.05, 0.1) is 18.6 Å². The molecule has 0 N–H and O–H groups in total. The first kappa shape index (κ1) is 19.5. The van der Waals surface area contributed by atoms with Crippen LogP contribution in [0.1, 0.15) is 18.4 Å². The Kier molecular flexibility index (Phi) is 5.51. The fourth-order valence-corrected chi connectivity index (χ4v) is 5.58. The van der Waals surface area contributed by atoms with Crippen molar-refractivity contribution in [3.63, 3.8) is 0 Å². The predicted molar refractivity (Wildman–Crippen MR) is 108 cm³/mol. The van der Waals surface area contributed by atoms with Crippen LogP contribution in [-0.4, -0.2) is 45.7 Å². The highest BCUT2D eigenvalue weighted by Crippen LogP contribution is 2.33. The summed E-state index contributed by atoms with van der Waals surface area (Å²) in [6.07, 6.45) is 1.49. The zero-order valence-corrected chi connectivity index (χ0v) is 17.2. The van der Waals surface area contributed by atoms with Crippen molar-refractivity contribution >= 4 is 27.3 Å². The Balaban J connectivity index is 1.48. The van der Waals surface area contributed by atoms with Crippen LogP contribution in [0.25, 0.3) is 0 Å². The third-order valence-electron chi connectivity index (χ3n) is 5.38. The minimum absolute atomic E-state index is 0.233. The van der Waals surface area contributed by atoms with Gasteiger partial charge in [0, 0.05) is 41.5 Å². The summed E-state index contributed by atoms with van der Waals surface area (Å²) in [5, 5.41) is 0.698. The van der Waals surface area contributed by atoms with Crippen LogP contribution in [0.5, 0.6) is 5.75 Å². The number of ether oxygens (including phenoxy) is 2. The zero-order valence-electron chi connectivity index (χ0n) is 15.7. The van der Waals surface area contributed by atoms with Gasteiger partial charge in [0.25, 0.3) is 0 Å². The SMILES string of the molecule is COc1cccc(S(=O)(=O)N2CCC(N3COCc4cc(Cl)ccc43)CC2)c1. The molecule has 0 amide bonds. The average Bonchev–Trinajstić information content (AvgIpc) is 2.73. The van der Waals surface area contributed by atoms with Crippen LogP contribution in [0.15, 0.2) is 47.4 Å². The molecule has 2 aromatic carbocycles. The molecule has 6 nitrogen and oxygen atoms in total. The molecule has 2 aliphatic heterocycles. The summed E-state index contributed by atoms with van der Waals surface area (Å²) in [6.45, 7) is 2.02. The molecule has 0 aliphatic carbocycles. The highest BCUT2D eigenvalue weighted by atomic mass is 35.5. The van der Waals surface area contributed by atoms with Gasteiger partial charge in [-0.1, -0.05) is 17.7 Å². The van der Waals surface area contributed by atoms with Gasteiger partial charge >= 0.3 is 0 Å². The summed E-state index contributed by atoms with van der Waals surface area (Å²) in [5.41, 5.74) is 2.20. The molecule has 0 unspecified atom stereocenters. The van der Waals surface area contributed by atoms with E-state index >= 15 is 0 Å². The van der Waals surface area contributed by atoms with Crippen molar-refractivity contribution in [1.29, 1.82) is 0 Å². The normalized spacial score (nSPS) is 18.7. The van der Waals surface area contributed by atoms with E-state index in [0.717, 1.165) is 24.1 Å². The second-order valence-electron chi connectivity index (χ2n) is 7.03. The van der Waals surface area contributed by atoms with E-state index in [1.807, 2.05) is 18.2 Å². The number of rotatable bonds is 4. The summed E-state index contributed by atoms with van der Waals surface area (Å²) in [5.74, 6) is 0.539. The second kappa shape index (κ2) is 7.91. The molecule has 0 bridgehead atoms. The van der Waals surface area contributed by atoms with Gasteiger partial charge in [0.15, 0.2) is 0 Å². The smallest absolute Gasteiger partial charge is 0.243 e. The van der Waals surface area contributed by atoms with E-state index in [4.69, 9.17) is 21.1 Å². The topological polar surface area (TPSA) is 59.1 Å². The molecular weight excluding hydrogens is 400 g/mol. The van der Waals surface area contributed by atoms with Crippen molar-refractivity contribution in [3.8, 4) is 5.75 Å². The summed E-state index contributed by atoms with van der Waals surface area (Å²) in [7, 11) is -2.00. The van der Waals surface area contributed by atoms with E-state index in [-0.39, 0.29) is 10.9 Å². The van der Waals surface area contributed by atoms with Gasteiger partial charge < -0.3 is 14.4 Å². The largest absolute Gasteiger partial charge is 0.497 e. The summed E-state index contributed by atoms with van der Waals surface area (Å²) in [4.78, 5) is 2.50. The van der Waals surface area contributed by atoms with E-state index in [1.165, 1.54) is 7.11 Å². The van der Waals surface area contributed by atoms with Crippen LogP contribution < -0.4 is 9.64 Å². The summed E-state index contributed by atoms with van der Waals surface area (Å²) >= 11 is 6.10. The predicted octanol–water partition coefficient (Wildman–Crippen LogP) is 3.50. The van der Waals surface area contributed by atoms with Crippen LogP contribution >= 0.6 is 11.6 Å². The van der Waals surface area contributed by atoms with Crippen molar-refractivity contribution < 1.29 is 17.9 Å². The molecule has 1 saturated heterocycles. The fraction of sp³-hybridized carbons (Fsp3) is 0.400. The zero-order chi connectivity index (χ0) is 19.7. The quantitative estimate of drug-likeness (QED) is 0.754. The molecule has 0 spiro atoms. The van der Waals surface area contributed by atoms with E-state index in [1.54, 1.807) is 28.6 Å². The first-order valence-electron chi connectivity index (χ1n) is 9.26. The number of sulfonamides is 1. The molecule has 0 saturated carbocycles. The number of nitrogens with zero attached hydrogens (tertiary/aromatic N) is 2. The molecule has 2 aliphatic rings. The minimum Gasteiger partial charge on any atom is -0.497 e.